The molecule has 1 aliphatic rings. The minimum atomic E-state index is -0.945. The molecule has 1 saturated heterocycles. The van der Waals surface area contributed by atoms with Gasteiger partial charge in [-0.2, -0.15) is 0 Å². The Bertz CT molecular complexity index is 304. The second kappa shape index (κ2) is 7.96. The maximum absolute atomic E-state index is 11.9. The molecule has 19 heavy (non-hydrogen) atoms. The van der Waals surface area contributed by atoms with E-state index in [1.165, 1.54) is 7.11 Å². The highest BCUT2D eigenvalue weighted by molar-refractivity contribution is 5.74. The Morgan fingerprint density at radius 1 is 1.47 bits per heavy atom. The maximum atomic E-state index is 11.9. The van der Waals surface area contributed by atoms with E-state index in [0.717, 1.165) is 12.8 Å². The predicted molar refractivity (Wildman–Crippen MR) is 68.1 cm³/mol. The average molecular weight is 274 g/mol. The molecule has 1 fully saturated rings. The number of aliphatic carboxylic acids is 1. The molecule has 1 atom stereocenters. The highest BCUT2D eigenvalue weighted by Crippen LogP contribution is 2.12. The topological polar surface area (TPSA) is 88.1 Å². The number of hydrogen-bond acceptors (Lipinski definition) is 4. The van der Waals surface area contributed by atoms with Crippen LogP contribution in [0.25, 0.3) is 0 Å². The van der Waals surface area contributed by atoms with Crippen LogP contribution >= 0.6 is 0 Å². The Morgan fingerprint density at radius 3 is 2.63 bits per heavy atom. The van der Waals surface area contributed by atoms with Crippen molar-refractivity contribution in [1.29, 1.82) is 0 Å². The number of carbonyl (C=O) groups is 2. The van der Waals surface area contributed by atoms with E-state index in [-0.39, 0.29) is 25.0 Å². The van der Waals surface area contributed by atoms with Crippen molar-refractivity contribution in [2.24, 2.45) is 0 Å². The van der Waals surface area contributed by atoms with E-state index in [4.69, 9.17) is 14.6 Å². The van der Waals surface area contributed by atoms with E-state index < -0.39 is 12.1 Å². The number of hydrogen-bond donors (Lipinski definition) is 2. The molecule has 0 aromatic carbocycles. The van der Waals surface area contributed by atoms with Crippen LogP contribution in [-0.2, 0) is 14.3 Å². The molecule has 1 aliphatic heterocycles. The minimum absolute atomic E-state index is 0.127. The van der Waals surface area contributed by atoms with Crippen LogP contribution in [0.3, 0.4) is 0 Å². The van der Waals surface area contributed by atoms with Gasteiger partial charge in [0.05, 0.1) is 12.5 Å². The van der Waals surface area contributed by atoms with Gasteiger partial charge in [0, 0.05) is 40.0 Å². The van der Waals surface area contributed by atoms with Gasteiger partial charge in [-0.1, -0.05) is 0 Å². The summed E-state index contributed by atoms with van der Waals surface area (Å²) < 4.78 is 10.2. The Hall–Kier alpha value is -1.34. The molecule has 1 heterocycles. The SMILES string of the molecule is COC(CNC(=O)N(C)C1CCOCC1)CC(=O)O. The van der Waals surface area contributed by atoms with E-state index in [9.17, 15) is 9.59 Å². The lowest BCUT2D eigenvalue weighted by Crippen LogP contribution is -2.47. The second-order valence-corrected chi connectivity index (χ2v) is 4.60. The number of ether oxygens (including phenoxy) is 2. The van der Waals surface area contributed by atoms with E-state index in [2.05, 4.69) is 5.32 Å². The fraction of sp³-hybridized carbons (Fsp3) is 0.833. The Kier molecular flexibility index (Phi) is 6.58. The van der Waals surface area contributed by atoms with Gasteiger partial charge >= 0.3 is 12.0 Å². The van der Waals surface area contributed by atoms with E-state index in [0.29, 0.717) is 13.2 Å². The van der Waals surface area contributed by atoms with E-state index in [1.54, 1.807) is 11.9 Å². The van der Waals surface area contributed by atoms with Gasteiger partial charge in [0.15, 0.2) is 0 Å². The van der Waals surface area contributed by atoms with Crippen LogP contribution < -0.4 is 5.32 Å². The molecular formula is C12H22N2O5. The van der Waals surface area contributed by atoms with E-state index >= 15 is 0 Å². The second-order valence-electron chi connectivity index (χ2n) is 4.60. The smallest absolute Gasteiger partial charge is 0.317 e. The van der Waals surface area contributed by atoms with Gasteiger partial charge in [-0.25, -0.2) is 4.79 Å². The summed E-state index contributed by atoms with van der Waals surface area (Å²) in [5.41, 5.74) is 0. The van der Waals surface area contributed by atoms with Crippen molar-refractivity contribution >= 4 is 12.0 Å². The number of urea groups is 1. The Morgan fingerprint density at radius 2 is 2.11 bits per heavy atom. The number of nitrogens with one attached hydrogen (secondary N) is 1. The van der Waals surface area contributed by atoms with Crippen molar-refractivity contribution in [3.05, 3.63) is 0 Å². The number of rotatable bonds is 6. The minimum Gasteiger partial charge on any atom is -0.481 e. The van der Waals surface area contributed by atoms with Gasteiger partial charge in [-0.3, -0.25) is 4.79 Å². The van der Waals surface area contributed by atoms with Crippen molar-refractivity contribution in [2.45, 2.75) is 31.4 Å². The quantitative estimate of drug-likeness (QED) is 0.727. The first-order valence-corrected chi connectivity index (χ1v) is 6.37. The molecule has 0 radical (unpaired) electrons. The van der Waals surface area contributed by atoms with Gasteiger partial charge < -0.3 is 24.8 Å². The summed E-state index contributed by atoms with van der Waals surface area (Å²) in [6.45, 7) is 1.53. The molecule has 0 saturated carbocycles. The highest BCUT2D eigenvalue weighted by Gasteiger charge is 2.23. The molecule has 110 valence electrons. The number of carbonyl (C=O) groups excluding carboxylic acids is 1. The number of methoxy groups -OCH3 is 1. The summed E-state index contributed by atoms with van der Waals surface area (Å²) in [6.07, 6.45) is 1.02. The largest absolute Gasteiger partial charge is 0.481 e. The fourth-order valence-corrected chi connectivity index (χ4v) is 2.00. The van der Waals surface area contributed by atoms with Gasteiger partial charge in [0.1, 0.15) is 0 Å². The zero-order chi connectivity index (χ0) is 14.3. The molecule has 2 amide bonds. The first-order valence-electron chi connectivity index (χ1n) is 6.37. The zero-order valence-electron chi connectivity index (χ0n) is 11.4. The summed E-state index contributed by atoms with van der Waals surface area (Å²) >= 11 is 0. The van der Waals surface area contributed by atoms with Gasteiger partial charge in [0.2, 0.25) is 0 Å². The average Bonchev–Trinajstić information content (AvgIpc) is 2.42. The number of amides is 2. The summed E-state index contributed by atoms with van der Waals surface area (Å²) in [7, 11) is 3.17. The van der Waals surface area contributed by atoms with Crippen LogP contribution in [0, 0.1) is 0 Å². The van der Waals surface area contributed by atoms with Crippen LogP contribution in [0.1, 0.15) is 19.3 Å². The normalized spacial score (nSPS) is 17.8. The van der Waals surface area contributed by atoms with Crippen molar-refractivity contribution in [1.82, 2.24) is 10.2 Å². The fourth-order valence-electron chi connectivity index (χ4n) is 2.00. The first kappa shape index (κ1) is 15.7. The third kappa shape index (κ3) is 5.44. The molecule has 0 bridgehead atoms. The predicted octanol–water partition coefficient (Wildman–Crippen LogP) is 0.297. The molecule has 0 aromatic rings. The van der Waals surface area contributed by atoms with Gasteiger partial charge in [-0.15, -0.1) is 0 Å². The molecule has 7 heteroatoms. The number of nitrogens with zero attached hydrogens (tertiary/aromatic N) is 1. The van der Waals surface area contributed by atoms with Crippen LogP contribution in [0.5, 0.6) is 0 Å². The van der Waals surface area contributed by atoms with Crippen molar-refractivity contribution < 1.29 is 24.2 Å². The molecule has 0 aromatic heterocycles. The van der Waals surface area contributed by atoms with Crippen molar-refractivity contribution in [3.8, 4) is 0 Å². The molecule has 2 N–H and O–H groups in total. The lowest BCUT2D eigenvalue weighted by atomic mass is 10.1. The third-order valence-electron chi connectivity index (χ3n) is 3.28. The molecule has 1 rings (SSSR count). The molecule has 1 unspecified atom stereocenters. The van der Waals surface area contributed by atoms with Crippen LogP contribution in [-0.4, -0.2) is 68.1 Å². The van der Waals surface area contributed by atoms with Gasteiger partial charge in [-0.05, 0) is 12.8 Å². The molecule has 0 aliphatic carbocycles. The lowest BCUT2D eigenvalue weighted by molar-refractivity contribution is -0.139. The standard InChI is InChI=1S/C12H22N2O5/c1-14(9-3-5-19-6-4-9)12(17)13-8-10(18-2)7-11(15)16/h9-10H,3-8H2,1-2H3,(H,13,17)(H,15,16). The Balaban J connectivity index is 2.34. The van der Waals surface area contributed by atoms with Gasteiger partial charge in [0.25, 0.3) is 0 Å². The Labute approximate surface area is 112 Å². The third-order valence-corrected chi connectivity index (χ3v) is 3.28. The van der Waals surface area contributed by atoms with Crippen molar-refractivity contribution in [3.63, 3.8) is 0 Å². The highest BCUT2D eigenvalue weighted by atomic mass is 16.5. The summed E-state index contributed by atoms with van der Waals surface area (Å²) in [5, 5.41) is 11.4. The number of carboxylic acids is 1. The van der Waals surface area contributed by atoms with Crippen LogP contribution in [0.15, 0.2) is 0 Å². The summed E-state index contributed by atoms with van der Waals surface area (Å²) in [5.74, 6) is -0.945. The molecular weight excluding hydrogens is 252 g/mol. The zero-order valence-corrected chi connectivity index (χ0v) is 11.4. The maximum Gasteiger partial charge on any atom is 0.317 e. The van der Waals surface area contributed by atoms with Crippen LogP contribution in [0.4, 0.5) is 4.79 Å². The number of carboxylic acid groups (broad SMARTS) is 1. The van der Waals surface area contributed by atoms with Crippen molar-refractivity contribution in [2.75, 3.05) is 33.9 Å². The van der Waals surface area contributed by atoms with Crippen LogP contribution in [0.2, 0.25) is 0 Å². The monoisotopic (exact) mass is 274 g/mol. The molecule has 7 nitrogen and oxygen atoms in total. The van der Waals surface area contributed by atoms with E-state index in [1.807, 2.05) is 0 Å². The lowest BCUT2D eigenvalue weighted by Gasteiger charge is -2.31. The molecule has 0 spiro atoms. The first-order chi connectivity index (χ1) is 9.04. The summed E-state index contributed by atoms with van der Waals surface area (Å²) in [4.78, 5) is 24.1. The summed E-state index contributed by atoms with van der Waals surface area (Å²) in [6, 6.07) is -0.0337.